The molecule has 1 saturated carbocycles. The Labute approximate surface area is 121 Å². The fourth-order valence-corrected chi connectivity index (χ4v) is 3.12. The molecule has 0 saturated heterocycles. The molecule has 1 N–H and O–H groups in total. The number of benzene rings is 1. The topological polar surface area (TPSA) is 40.5 Å². The van der Waals surface area contributed by atoms with Gasteiger partial charge in [0, 0.05) is 6.04 Å². The molecule has 1 aliphatic carbocycles. The highest BCUT2D eigenvalue weighted by atomic mass is 16.4. The van der Waals surface area contributed by atoms with Crippen molar-refractivity contribution in [3.05, 3.63) is 35.9 Å². The minimum atomic E-state index is -0.694. The van der Waals surface area contributed by atoms with Crippen LogP contribution in [0.4, 0.5) is 0 Å². The Morgan fingerprint density at radius 2 is 1.85 bits per heavy atom. The summed E-state index contributed by atoms with van der Waals surface area (Å²) in [7, 11) is 0. The van der Waals surface area contributed by atoms with E-state index in [9.17, 15) is 4.79 Å². The molecule has 0 unspecified atom stereocenters. The normalized spacial score (nSPS) is 15.8. The average Bonchev–Trinajstić information content (AvgIpc) is 2.97. The lowest BCUT2D eigenvalue weighted by Crippen LogP contribution is -2.38. The largest absolute Gasteiger partial charge is 0.480 e. The fraction of sp³-hybridized carbons (Fsp3) is 0.588. The highest BCUT2D eigenvalue weighted by molar-refractivity contribution is 5.69. The number of hydrogen-bond donors (Lipinski definition) is 1. The molecule has 20 heavy (non-hydrogen) atoms. The van der Waals surface area contributed by atoms with E-state index in [-0.39, 0.29) is 6.54 Å². The Kier molecular flexibility index (Phi) is 6.06. The average molecular weight is 275 g/mol. The maximum atomic E-state index is 11.0. The van der Waals surface area contributed by atoms with Crippen molar-refractivity contribution in [3.63, 3.8) is 0 Å². The number of carbonyl (C=O) groups is 1. The van der Waals surface area contributed by atoms with E-state index in [1.165, 1.54) is 31.2 Å². The van der Waals surface area contributed by atoms with Crippen LogP contribution in [0.2, 0.25) is 0 Å². The number of aryl methyl sites for hydroxylation is 1. The van der Waals surface area contributed by atoms with E-state index >= 15 is 0 Å². The lowest BCUT2D eigenvalue weighted by Gasteiger charge is -2.27. The third kappa shape index (κ3) is 4.97. The highest BCUT2D eigenvalue weighted by Gasteiger charge is 2.23. The molecule has 0 aliphatic heterocycles. The molecule has 3 heteroatoms. The molecule has 3 nitrogen and oxygen atoms in total. The number of hydrogen-bond acceptors (Lipinski definition) is 2. The maximum Gasteiger partial charge on any atom is 0.317 e. The molecule has 1 aromatic carbocycles. The molecule has 0 bridgehead atoms. The molecule has 0 atom stereocenters. The van der Waals surface area contributed by atoms with Gasteiger partial charge in [-0.25, -0.2) is 0 Å². The van der Waals surface area contributed by atoms with Gasteiger partial charge in [0.1, 0.15) is 0 Å². The van der Waals surface area contributed by atoms with Gasteiger partial charge in [0.05, 0.1) is 6.54 Å². The van der Waals surface area contributed by atoms with Crippen LogP contribution in [0.1, 0.15) is 44.1 Å². The van der Waals surface area contributed by atoms with E-state index in [1.54, 1.807) is 0 Å². The number of unbranched alkanes of at least 4 members (excludes halogenated alkanes) is 1. The molecule has 2 rings (SSSR count). The minimum absolute atomic E-state index is 0.204. The number of rotatable bonds is 8. The standard InChI is InChI=1S/C17H25NO2/c19-17(20)14-18(16-11-4-5-12-16)13-7-6-10-15-8-2-1-3-9-15/h1-3,8-9,16H,4-7,10-14H2,(H,19,20). The SMILES string of the molecule is O=C(O)CN(CCCCc1ccccc1)C1CCCC1. The maximum absolute atomic E-state index is 11.0. The molecule has 1 fully saturated rings. The zero-order valence-electron chi connectivity index (χ0n) is 12.1. The lowest BCUT2D eigenvalue weighted by molar-refractivity contribution is -0.138. The van der Waals surface area contributed by atoms with Crippen molar-refractivity contribution < 1.29 is 9.90 Å². The van der Waals surface area contributed by atoms with Crippen LogP contribution in [0.3, 0.4) is 0 Å². The molecule has 1 aliphatic rings. The second kappa shape index (κ2) is 8.05. The van der Waals surface area contributed by atoms with E-state index in [2.05, 4.69) is 29.2 Å². The Hall–Kier alpha value is -1.35. The van der Waals surface area contributed by atoms with Gasteiger partial charge in [0.2, 0.25) is 0 Å². The Morgan fingerprint density at radius 1 is 1.15 bits per heavy atom. The van der Waals surface area contributed by atoms with Gasteiger partial charge in [-0.2, -0.15) is 0 Å². The van der Waals surface area contributed by atoms with Crippen LogP contribution in [-0.4, -0.2) is 35.1 Å². The van der Waals surface area contributed by atoms with E-state index in [4.69, 9.17) is 5.11 Å². The van der Waals surface area contributed by atoms with Gasteiger partial charge < -0.3 is 5.11 Å². The number of carboxylic acid groups (broad SMARTS) is 1. The van der Waals surface area contributed by atoms with Crippen LogP contribution in [-0.2, 0) is 11.2 Å². The van der Waals surface area contributed by atoms with E-state index in [0.29, 0.717) is 6.04 Å². The van der Waals surface area contributed by atoms with Gasteiger partial charge in [0.25, 0.3) is 0 Å². The zero-order chi connectivity index (χ0) is 14.2. The fourth-order valence-electron chi connectivity index (χ4n) is 3.12. The number of carboxylic acids is 1. The summed E-state index contributed by atoms with van der Waals surface area (Å²) in [5, 5.41) is 9.04. The Morgan fingerprint density at radius 3 is 2.50 bits per heavy atom. The first-order valence-electron chi connectivity index (χ1n) is 7.75. The first kappa shape index (κ1) is 15.0. The van der Waals surface area contributed by atoms with E-state index in [0.717, 1.165) is 25.8 Å². The Balaban J connectivity index is 1.72. The van der Waals surface area contributed by atoms with Gasteiger partial charge in [-0.05, 0) is 44.2 Å². The van der Waals surface area contributed by atoms with Crippen LogP contribution < -0.4 is 0 Å². The molecule has 0 spiro atoms. The van der Waals surface area contributed by atoms with Crippen LogP contribution >= 0.6 is 0 Å². The minimum Gasteiger partial charge on any atom is -0.480 e. The van der Waals surface area contributed by atoms with E-state index in [1.807, 2.05) is 6.07 Å². The van der Waals surface area contributed by atoms with Crippen molar-refractivity contribution in [2.24, 2.45) is 0 Å². The number of nitrogens with zero attached hydrogens (tertiary/aromatic N) is 1. The third-order valence-electron chi connectivity index (χ3n) is 4.18. The van der Waals surface area contributed by atoms with Crippen molar-refractivity contribution in [2.45, 2.75) is 51.0 Å². The summed E-state index contributed by atoms with van der Waals surface area (Å²) < 4.78 is 0. The number of aliphatic carboxylic acids is 1. The van der Waals surface area contributed by atoms with Crippen molar-refractivity contribution in [1.29, 1.82) is 0 Å². The van der Waals surface area contributed by atoms with E-state index < -0.39 is 5.97 Å². The van der Waals surface area contributed by atoms with Gasteiger partial charge in [0.15, 0.2) is 0 Å². The molecule has 0 heterocycles. The predicted molar refractivity (Wildman–Crippen MR) is 80.8 cm³/mol. The summed E-state index contributed by atoms with van der Waals surface area (Å²) in [5.41, 5.74) is 1.37. The van der Waals surface area contributed by atoms with Crippen LogP contribution in [0.5, 0.6) is 0 Å². The third-order valence-corrected chi connectivity index (χ3v) is 4.18. The molecule has 0 amide bonds. The van der Waals surface area contributed by atoms with Gasteiger partial charge in [-0.15, -0.1) is 0 Å². The second-order valence-electron chi connectivity index (χ2n) is 5.75. The van der Waals surface area contributed by atoms with Gasteiger partial charge in [-0.1, -0.05) is 43.2 Å². The molecular weight excluding hydrogens is 250 g/mol. The summed E-state index contributed by atoms with van der Waals surface area (Å²) >= 11 is 0. The highest BCUT2D eigenvalue weighted by Crippen LogP contribution is 2.23. The monoisotopic (exact) mass is 275 g/mol. The first-order valence-corrected chi connectivity index (χ1v) is 7.75. The van der Waals surface area contributed by atoms with Gasteiger partial charge in [-0.3, -0.25) is 9.69 Å². The van der Waals surface area contributed by atoms with Crippen molar-refractivity contribution >= 4 is 5.97 Å². The van der Waals surface area contributed by atoms with Gasteiger partial charge >= 0.3 is 5.97 Å². The Bertz CT molecular complexity index is 399. The lowest BCUT2D eigenvalue weighted by atomic mass is 10.1. The first-order chi connectivity index (χ1) is 9.75. The molecule has 1 aromatic rings. The summed E-state index contributed by atoms with van der Waals surface area (Å²) in [5.74, 6) is -0.694. The quantitative estimate of drug-likeness (QED) is 0.740. The zero-order valence-corrected chi connectivity index (χ0v) is 12.1. The molecule has 0 radical (unpaired) electrons. The van der Waals surface area contributed by atoms with Crippen molar-refractivity contribution in [2.75, 3.05) is 13.1 Å². The van der Waals surface area contributed by atoms with Crippen LogP contribution in [0.25, 0.3) is 0 Å². The summed E-state index contributed by atoms with van der Waals surface area (Å²) in [4.78, 5) is 13.2. The summed E-state index contributed by atoms with van der Waals surface area (Å²) in [6.45, 7) is 1.12. The van der Waals surface area contributed by atoms with Crippen LogP contribution in [0, 0.1) is 0 Å². The summed E-state index contributed by atoms with van der Waals surface area (Å²) in [6.07, 6.45) is 8.16. The van der Waals surface area contributed by atoms with Crippen molar-refractivity contribution in [3.8, 4) is 0 Å². The molecule has 0 aromatic heterocycles. The predicted octanol–water partition coefficient (Wildman–Crippen LogP) is 3.34. The smallest absolute Gasteiger partial charge is 0.317 e. The second-order valence-corrected chi connectivity index (χ2v) is 5.75. The summed E-state index contributed by atoms with van der Waals surface area (Å²) in [6, 6.07) is 11.0. The van der Waals surface area contributed by atoms with Crippen molar-refractivity contribution in [1.82, 2.24) is 4.90 Å². The molecule has 110 valence electrons. The van der Waals surface area contributed by atoms with Crippen LogP contribution in [0.15, 0.2) is 30.3 Å². The molecular formula is C17H25NO2.